The lowest BCUT2D eigenvalue weighted by atomic mass is 9.99. The third-order valence-electron chi connectivity index (χ3n) is 4.41. The molecule has 3 N–H and O–H groups in total. The molecule has 0 fully saturated rings. The quantitative estimate of drug-likeness (QED) is 0.470. The minimum absolute atomic E-state index is 0.115. The third-order valence-corrected chi connectivity index (χ3v) is 5.09. The molecule has 6 heteroatoms. The molecule has 2 aromatic carbocycles. The summed E-state index contributed by atoms with van der Waals surface area (Å²) in [7, 11) is 0. The van der Waals surface area contributed by atoms with Gasteiger partial charge in [0.2, 0.25) is 0 Å². The first-order valence-electron chi connectivity index (χ1n) is 7.80. The van der Waals surface area contributed by atoms with Crippen molar-refractivity contribution in [3.05, 3.63) is 58.5 Å². The van der Waals surface area contributed by atoms with Gasteiger partial charge in [-0.2, -0.15) is 11.3 Å². The Bertz CT molecular complexity index is 1100. The second-order valence-corrected chi connectivity index (χ2v) is 6.75. The Morgan fingerprint density at radius 3 is 2.88 bits per heavy atom. The summed E-state index contributed by atoms with van der Waals surface area (Å²) in [5.41, 5.74) is 11.1. The van der Waals surface area contributed by atoms with Crippen molar-refractivity contribution in [2.24, 2.45) is 0 Å². The van der Waals surface area contributed by atoms with Crippen LogP contribution in [-0.2, 0) is 6.54 Å². The highest BCUT2D eigenvalue weighted by atomic mass is 32.1. The van der Waals surface area contributed by atoms with E-state index in [1.54, 1.807) is 17.4 Å². The maximum Gasteiger partial charge on any atom is 0.171 e. The lowest BCUT2D eigenvalue weighted by molar-refractivity contribution is 0.468. The second-order valence-electron chi connectivity index (χ2n) is 5.97. The molecule has 3 heterocycles. The lowest BCUT2D eigenvalue weighted by Crippen LogP contribution is -2.10. The Balaban J connectivity index is 1.83. The van der Waals surface area contributed by atoms with Gasteiger partial charge in [0, 0.05) is 29.1 Å². The number of thiophene rings is 1. The fourth-order valence-corrected chi connectivity index (χ4v) is 3.93. The number of benzene rings is 2. The number of phenolic OH excluding ortho intramolecular Hbond substituents is 1. The molecule has 5 rings (SSSR count). The van der Waals surface area contributed by atoms with Crippen molar-refractivity contribution in [3.8, 4) is 28.2 Å². The number of phenols is 1. The van der Waals surface area contributed by atoms with Crippen molar-refractivity contribution >= 4 is 28.0 Å². The molecule has 0 aliphatic carbocycles. The van der Waals surface area contributed by atoms with Crippen molar-refractivity contribution in [3.63, 3.8) is 0 Å². The first-order valence-corrected chi connectivity index (χ1v) is 8.75. The molecule has 0 bridgehead atoms. The van der Waals surface area contributed by atoms with Crippen LogP contribution in [0, 0.1) is 5.82 Å². The van der Waals surface area contributed by atoms with Crippen LogP contribution in [0.5, 0.6) is 5.75 Å². The molecule has 0 atom stereocenters. The van der Waals surface area contributed by atoms with E-state index in [1.165, 1.54) is 0 Å². The molecule has 0 unspecified atom stereocenters. The monoisotopic (exact) mass is 352 g/mol. The Morgan fingerprint density at radius 2 is 2.04 bits per heavy atom. The number of hydrazine groups is 1. The van der Waals surface area contributed by atoms with E-state index in [1.807, 2.05) is 35.0 Å². The molecule has 0 saturated heterocycles. The van der Waals surface area contributed by atoms with Crippen LogP contribution in [-0.4, -0.2) is 5.11 Å². The first kappa shape index (κ1) is 14.5. The van der Waals surface area contributed by atoms with Gasteiger partial charge in [0.25, 0.3) is 0 Å². The maximum atomic E-state index is 14.3. The van der Waals surface area contributed by atoms with Gasteiger partial charge < -0.3 is 14.9 Å². The summed E-state index contributed by atoms with van der Waals surface area (Å²) in [4.78, 5) is 0. The van der Waals surface area contributed by atoms with Crippen molar-refractivity contribution in [1.29, 1.82) is 0 Å². The summed E-state index contributed by atoms with van der Waals surface area (Å²) in [6, 6.07) is 10.6. The average molecular weight is 352 g/mol. The minimum atomic E-state index is -0.567. The van der Waals surface area contributed by atoms with Gasteiger partial charge in [0.05, 0.1) is 5.69 Å². The number of hydrogen-bond donors (Lipinski definition) is 3. The zero-order valence-corrected chi connectivity index (χ0v) is 13.8. The van der Waals surface area contributed by atoms with Gasteiger partial charge in [-0.3, -0.25) is 0 Å². The van der Waals surface area contributed by atoms with Gasteiger partial charge in [-0.05, 0) is 52.2 Å². The highest BCUT2D eigenvalue weighted by Gasteiger charge is 2.22. The molecule has 0 spiro atoms. The van der Waals surface area contributed by atoms with Crippen LogP contribution >= 0.6 is 11.3 Å². The van der Waals surface area contributed by atoms with Gasteiger partial charge in [0.1, 0.15) is 11.5 Å². The predicted molar refractivity (Wildman–Crippen MR) is 97.0 cm³/mol. The van der Waals surface area contributed by atoms with Crippen LogP contribution < -0.4 is 10.9 Å². The van der Waals surface area contributed by atoms with Crippen LogP contribution in [0.4, 0.5) is 10.1 Å². The van der Waals surface area contributed by atoms with E-state index in [0.29, 0.717) is 17.7 Å². The Labute approximate surface area is 146 Å². The number of rotatable bonds is 2. The standard InChI is InChI=1S/C19H13FN2O2S/c20-15-7-13(23)6-14-17(11-3-4-25-9-11)18(24-19(14)15)10-1-2-16-12(5-10)8-21-22-16/h1-7,9,21-23H,8H2. The molecule has 0 amide bonds. The molecule has 4 aromatic rings. The van der Waals surface area contributed by atoms with E-state index in [4.69, 9.17) is 4.42 Å². The summed E-state index contributed by atoms with van der Waals surface area (Å²) in [5.74, 6) is -0.0778. The number of hydrogen-bond acceptors (Lipinski definition) is 5. The fourth-order valence-electron chi connectivity index (χ4n) is 3.28. The molecule has 2 aromatic heterocycles. The number of anilines is 1. The van der Waals surface area contributed by atoms with Gasteiger partial charge >= 0.3 is 0 Å². The van der Waals surface area contributed by atoms with Crippen molar-refractivity contribution < 1.29 is 13.9 Å². The molecular weight excluding hydrogens is 339 g/mol. The normalized spacial score (nSPS) is 13.2. The van der Waals surface area contributed by atoms with Crippen LogP contribution in [0.2, 0.25) is 0 Å². The van der Waals surface area contributed by atoms with Crippen molar-refractivity contribution in [2.75, 3.05) is 5.43 Å². The van der Waals surface area contributed by atoms with E-state index in [2.05, 4.69) is 10.9 Å². The van der Waals surface area contributed by atoms with Gasteiger partial charge in [-0.25, -0.2) is 9.82 Å². The topological polar surface area (TPSA) is 57.4 Å². The first-order chi connectivity index (χ1) is 12.2. The predicted octanol–water partition coefficient (Wildman–Crippen LogP) is 5.10. The molecular formula is C19H13FN2O2S. The van der Waals surface area contributed by atoms with E-state index < -0.39 is 5.82 Å². The van der Waals surface area contributed by atoms with Crippen molar-refractivity contribution in [2.45, 2.75) is 6.54 Å². The van der Waals surface area contributed by atoms with Gasteiger partial charge in [-0.15, -0.1) is 0 Å². The zero-order chi connectivity index (χ0) is 17.0. The number of nitrogens with one attached hydrogen (secondary N) is 2. The molecule has 0 radical (unpaired) electrons. The molecule has 4 nitrogen and oxygen atoms in total. The lowest BCUT2D eigenvalue weighted by Gasteiger charge is -2.04. The Hall–Kier alpha value is -2.83. The van der Waals surface area contributed by atoms with E-state index in [0.717, 1.165) is 34.0 Å². The minimum Gasteiger partial charge on any atom is -0.508 e. The number of fused-ring (bicyclic) bond motifs is 2. The maximum absolute atomic E-state index is 14.3. The molecule has 25 heavy (non-hydrogen) atoms. The molecule has 124 valence electrons. The highest BCUT2D eigenvalue weighted by Crippen LogP contribution is 2.44. The summed E-state index contributed by atoms with van der Waals surface area (Å²) in [6.45, 7) is 0.715. The largest absolute Gasteiger partial charge is 0.508 e. The zero-order valence-electron chi connectivity index (χ0n) is 13.0. The average Bonchev–Trinajstić information content (AvgIpc) is 3.32. The summed E-state index contributed by atoms with van der Waals surface area (Å²) in [6.07, 6.45) is 0. The van der Waals surface area contributed by atoms with Gasteiger partial charge in [0.15, 0.2) is 11.4 Å². The molecule has 1 aliphatic rings. The van der Waals surface area contributed by atoms with Crippen LogP contribution in [0.1, 0.15) is 5.56 Å². The van der Waals surface area contributed by atoms with E-state index in [9.17, 15) is 9.50 Å². The van der Waals surface area contributed by atoms with Crippen LogP contribution in [0.25, 0.3) is 33.4 Å². The van der Waals surface area contributed by atoms with Crippen molar-refractivity contribution in [1.82, 2.24) is 5.43 Å². The Kier molecular flexibility index (Phi) is 3.10. The number of halogens is 1. The summed E-state index contributed by atoms with van der Waals surface area (Å²) < 4.78 is 20.3. The third kappa shape index (κ3) is 2.22. The van der Waals surface area contributed by atoms with Gasteiger partial charge in [-0.1, -0.05) is 0 Å². The van der Waals surface area contributed by atoms with Crippen LogP contribution in [0.3, 0.4) is 0 Å². The molecule has 0 saturated carbocycles. The second kappa shape index (κ2) is 5.34. The highest BCUT2D eigenvalue weighted by molar-refractivity contribution is 7.08. The molecule has 1 aliphatic heterocycles. The summed E-state index contributed by atoms with van der Waals surface area (Å²) >= 11 is 1.56. The van der Waals surface area contributed by atoms with E-state index >= 15 is 0 Å². The smallest absolute Gasteiger partial charge is 0.171 e. The van der Waals surface area contributed by atoms with Crippen LogP contribution in [0.15, 0.2) is 51.6 Å². The SMILES string of the molecule is Oc1cc(F)c2oc(-c3ccc4c(c3)CNN4)c(-c3ccsc3)c2c1. The fraction of sp³-hybridized carbons (Fsp3) is 0.0526. The number of furan rings is 1. The van der Waals surface area contributed by atoms with E-state index in [-0.39, 0.29) is 11.3 Å². The Morgan fingerprint density at radius 1 is 1.12 bits per heavy atom. The number of aromatic hydroxyl groups is 1. The summed E-state index contributed by atoms with van der Waals surface area (Å²) in [5, 5.41) is 14.4.